The van der Waals surface area contributed by atoms with Crippen LogP contribution in [0.5, 0.6) is 0 Å². The molecule has 0 unspecified atom stereocenters. The quantitative estimate of drug-likeness (QED) is 0.117. The zero-order valence-corrected chi connectivity index (χ0v) is 29.4. The summed E-state index contributed by atoms with van der Waals surface area (Å²) in [7, 11) is -0.534. The summed E-state index contributed by atoms with van der Waals surface area (Å²) < 4.78 is 0. The van der Waals surface area contributed by atoms with E-state index in [1.807, 2.05) is 30.3 Å². The Labute approximate surface area is 246 Å². The second-order valence-corrected chi connectivity index (χ2v) is 20.3. The average Bonchev–Trinajstić information content (AvgIpc) is 3.43. The molecule has 37 heavy (non-hydrogen) atoms. The van der Waals surface area contributed by atoms with Crippen LogP contribution in [-0.2, 0) is 17.1 Å². The Morgan fingerprint density at radius 3 is 1.24 bits per heavy atom. The van der Waals surface area contributed by atoms with E-state index in [0.717, 1.165) is 0 Å². The molecule has 220 valence electrons. The summed E-state index contributed by atoms with van der Waals surface area (Å²) in [6, 6.07) is 17.5. The van der Waals surface area contributed by atoms with Gasteiger partial charge >= 0.3 is 0 Å². The van der Waals surface area contributed by atoms with Gasteiger partial charge in [0.25, 0.3) is 0 Å². The molecule has 0 fully saturated rings. The Morgan fingerprint density at radius 2 is 0.919 bits per heavy atom. The zero-order valence-electron chi connectivity index (χ0n) is 26.5. The van der Waals surface area contributed by atoms with Crippen molar-refractivity contribution in [2.75, 3.05) is 0 Å². The van der Waals surface area contributed by atoms with Gasteiger partial charge < -0.3 is 30.3 Å². The van der Waals surface area contributed by atoms with Gasteiger partial charge in [-0.15, -0.1) is 18.5 Å². The van der Waals surface area contributed by atoms with Gasteiger partial charge in [-0.05, 0) is 46.3 Å². The molecule has 0 aliphatic carbocycles. The first-order valence-electron chi connectivity index (χ1n) is 14.7. The SMILES string of the molecule is CCCC(C)(C)P(c1ccc[c-]1P(C(C)(C)CCC)C(C)(C)CCC)C(C)(C)CCC.[Fe].[cH-]1[cH-][cH-][cH-][cH-]1. The molecule has 0 amide bonds. The molecule has 2 rings (SSSR count). The Kier molecular flexibility index (Phi) is 16.4. The number of hydrogen-bond acceptors (Lipinski definition) is 0. The molecule has 0 aromatic heterocycles. The van der Waals surface area contributed by atoms with E-state index < -0.39 is 0 Å². The van der Waals surface area contributed by atoms with Crippen LogP contribution >= 0.6 is 15.8 Å². The second kappa shape index (κ2) is 16.4. The fourth-order valence-corrected chi connectivity index (χ4v) is 16.3. The molecule has 0 aliphatic heterocycles. The largest absolute Gasteiger partial charge is 0.748 e. The van der Waals surface area contributed by atoms with Gasteiger partial charge in [-0.25, -0.2) is 12.1 Å². The van der Waals surface area contributed by atoms with Crippen LogP contribution in [0.4, 0.5) is 0 Å². The summed E-state index contributed by atoms with van der Waals surface area (Å²) in [6.45, 7) is 30.1. The Balaban J connectivity index is 0.00000192. The molecule has 0 saturated carbocycles. The fraction of sp³-hybridized carbons (Fsp3) is 0.706. The summed E-state index contributed by atoms with van der Waals surface area (Å²) >= 11 is 0. The molecular formula is C34H60FeP2-6. The Hall–Kier alpha value is 0.0795. The molecule has 2 aromatic rings. The molecule has 3 heteroatoms. The van der Waals surface area contributed by atoms with Gasteiger partial charge in [0.2, 0.25) is 0 Å². The van der Waals surface area contributed by atoms with E-state index in [2.05, 4.69) is 101 Å². The predicted octanol–water partition coefficient (Wildman–Crippen LogP) is 11.3. The van der Waals surface area contributed by atoms with Crippen molar-refractivity contribution < 1.29 is 17.1 Å². The van der Waals surface area contributed by atoms with Gasteiger partial charge in [0.15, 0.2) is 0 Å². The van der Waals surface area contributed by atoms with E-state index in [-0.39, 0.29) is 32.9 Å². The summed E-state index contributed by atoms with van der Waals surface area (Å²) in [5.41, 5.74) is 0. The standard InChI is InChI=1S/C29H55P2.C5H5.Fe/c1-13-20-26(5,6)30(27(7,8)21-14-2)24-18-17-19-25(24)31(28(9,10)22-15-3)29(11,12)23-16-4;1-2-4-5-3-1;/h17-19H,13-16,20-23H2,1-12H3;1-5H;/q-1;-5;. The van der Waals surface area contributed by atoms with Crippen LogP contribution in [-0.4, -0.2) is 20.6 Å². The van der Waals surface area contributed by atoms with Gasteiger partial charge in [0.05, 0.1) is 0 Å². The van der Waals surface area contributed by atoms with Crippen molar-refractivity contribution in [3.8, 4) is 0 Å². The molecule has 2 aromatic carbocycles. The third-order valence-electron chi connectivity index (χ3n) is 7.68. The summed E-state index contributed by atoms with van der Waals surface area (Å²) in [4.78, 5) is 0. The first-order valence-corrected chi connectivity index (χ1v) is 17.4. The van der Waals surface area contributed by atoms with E-state index in [9.17, 15) is 0 Å². The third kappa shape index (κ3) is 10.5. The molecule has 0 nitrogen and oxygen atoms in total. The molecule has 0 heterocycles. The van der Waals surface area contributed by atoms with Crippen LogP contribution in [0.1, 0.15) is 134 Å². The zero-order chi connectivity index (χ0) is 27.6. The van der Waals surface area contributed by atoms with Crippen LogP contribution in [0.25, 0.3) is 0 Å². The van der Waals surface area contributed by atoms with Gasteiger partial charge in [-0.1, -0.05) is 117 Å². The maximum Gasteiger partial charge on any atom is 0 e. The van der Waals surface area contributed by atoms with Crippen LogP contribution < -0.4 is 10.6 Å². The first-order chi connectivity index (χ1) is 16.7. The van der Waals surface area contributed by atoms with Crippen LogP contribution in [0, 0.1) is 0 Å². The maximum absolute atomic E-state index is 2.58. The van der Waals surface area contributed by atoms with Crippen molar-refractivity contribution in [2.24, 2.45) is 0 Å². The molecule has 0 spiro atoms. The molecular weight excluding hydrogens is 526 g/mol. The minimum Gasteiger partial charge on any atom is -0.748 e. The predicted molar refractivity (Wildman–Crippen MR) is 173 cm³/mol. The van der Waals surface area contributed by atoms with Crippen LogP contribution in [0.3, 0.4) is 0 Å². The van der Waals surface area contributed by atoms with Crippen molar-refractivity contribution in [1.29, 1.82) is 0 Å². The van der Waals surface area contributed by atoms with Crippen molar-refractivity contribution in [3.63, 3.8) is 0 Å². The number of hydrogen-bond donors (Lipinski definition) is 0. The van der Waals surface area contributed by atoms with Crippen molar-refractivity contribution >= 4 is 26.5 Å². The van der Waals surface area contributed by atoms with E-state index in [4.69, 9.17) is 0 Å². The van der Waals surface area contributed by atoms with Gasteiger partial charge in [-0.3, -0.25) is 0 Å². The van der Waals surface area contributed by atoms with Gasteiger partial charge in [0, 0.05) is 17.1 Å². The minimum absolute atomic E-state index is 0. The summed E-state index contributed by atoms with van der Waals surface area (Å²) in [6.07, 6.45) is 10.4. The molecule has 0 atom stereocenters. The fourth-order valence-electron chi connectivity index (χ4n) is 6.94. The van der Waals surface area contributed by atoms with E-state index >= 15 is 0 Å². The average molecular weight is 587 g/mol. The number of rotatable bonds is 14. The molecule has 0 aliphatic rings. The topological polar surface area (TPSA) is 0 Å². The van der Waals surface area contributed by atoms with Crippen LogP contribution in [0.2, 0.25) is 0 Å². The van der Waals surface area contributed by atoms with E-state index in [1.54, 1.807) is 10.6 Å². The Bertz CT molecular complexity index is 718. The first kappa shape index (κ1) is 37.1. The van der Waals surface area contributed by atoms with Gasteiger partial charge in [0.1, 0.15) is 0 Å². The third-order valence-corrected chi connectivity index (χ3v) is 15.3. The second-order valence-electron chi connectivity index (χ2n) is 13.2. The van der Waals surface area contributed by atoms with E-state index in [0.29, 0.717) is 20.6 Å². The van der Waals surface area contributed by atoms with Crippen molar-refractivity contribution in [2.45, 2.75) is 155 Å². The smallest absolute Gasteiger partial charge is 0 e. The summed E-state index contributed by atoms with van der Waals surface area (Å²) in [5, 5.41) is 5.00. The van der Waals surface area contributed by atoms with Crippen molar-refractivity contribution in [1.82, 2.24) is 0 Å². The van der Waals surface area contributed by atoms with Crippen molar-refractivity contribution in [3.05, 3.63) is 48.5 Å². The molecule has 0 saturated heterocycles. The summed E-state index contributed by atoms with van der Waals surface area (Å²) in [5.74, 6) is 0. The minimum atomic E-state index is -0.267. The molecule has 0 bridgehead atoms. The monoisotopic (exact) mass is 586 g/mol. The molecule has 0 radical (unpaired) electrons. The van der Waals surface area contributed by atoms with Crippen LogP contribution in [0.15, 0.2) is 48.5 Å². The Morgan fingerprint density at radius 1 is 0.595 bits per heavy atom. The normalized spacial score (nSPS) is 12.9. The van der Waals surface area contributed by atoms with E-state index in [1.165, 1.54) is 51.4 Å². The van der Waals surface area contributed by atoms with Gasteiger partial charge in [-0.2, -0.15) is 6.07 Å². The molecule has 0 N–H and O–H groups in total. The maximum atomic E-state index is 2.58.